The lowest BCUT2D eigenvalue weighted by Gasteiger charge is -2.59. The van der Waals surface area contributed by atoms with Gasteiger partial charge in [0, 0.05) is 23.7 Å². The smallest absolute Gasteiger partial charge is 0.331 e. The first-order chi connectivity index (χ1) is 14.9. The van der Waals surface area contributed by atoms with Crippen LogP contribution in [0.2, 0.25) is 0 Å². The fraction of sp³-hybridized carbons (Fsp3) is 0.600. The molecule has 4 saturated carbocycles. The first-order valence-corrected chi connectivity index (χ1v) is 11.3. The topological polar surface area (TPSA) is 73.9 Å². The van der Waals surface area contributed by atoms with Gasteiger partial charge in [-0.1, -0.05) is 0 Å². The summed E-state index contributed by atoms with van der Waals surface area (Å²) in [6.45, 7) is 1.86. The third-order valence-corrected chi connectivity index (χ3v) is 7.57. The summed E-state index contributed by atoms with van der Waals surface area (Å²) in [5.74, 6) is 2.98. The molecule has 1 aromatic carbocycles. The van der Waals surface area contributed by atoms with E-state index in [-0.39, 0.29) is 24.0 Å². The van der Waals surface area contributed by atoms with Crippen LogP contribution in [0, 0.1) is 23.2 Å². The molecule has 4 bridgehead atoms. The second-order valence-electron chi connectivity index (χ2n) is 9.62. The molecule has 0 aliphatic heterocycles. The minimum absolute atomic E-state index is 0.117. The maximum Gasteiger partial charge on any atom is 0.331 e. The van der Waals surface area contributed by atoms with Gasteiger partial charge in [0.1, 0.15) is 11.5 Å². The highest BCUT2D eigenvalue weighted by Crippen LogP contribution is 2.61. The Morgan fingerprint density at radius 3 is 2.32 bits per heavy atom. The van der Waals surface area contributed by atoms with Crippen LogP contribution in [0.15, 0.2) is 24.3 Å². The largest absolute Gasteiger partial charge is 0.497 e. The van der Waals surface area contributed by atoms with Gasteiger partial charge in [-0.05, 0) is 86.8 Å². The Labute approximate surface area is 184 Å². The molecule has 4 fully saturated rings. The number of carbonyl (C=O) groups is 2. The summed E-state index contributed by atoms with van der Waals surface area (Å²) < 4.78 is 15.6. The zero-order valence-electron chi connectivity index (χ0n) is 18.7. The molecule has 0 radical (unpaired) electrons. The molecule has 0 heterocycles. The second-order valence-corrected chi connectivity index (χ2v) is 9.62. The van der Waals surface area contributed by atoms with Crippen LogP contribution in [0.25, 0.3) is 6.08 Å². The predicted molar refractivity (Wildman–Crippen MR) is 118 cm³/mol. The molecule has 6 heteroatoms. The lowest BCUT2D eigenvalue weighted by atomic mass is 9.48. The van der Waals surface area contributed by atoms with E-state index in [1.165, 1.54) is 44.6 Å². The molecule has 0 unspecified atom stereocenters. The number of nitrogens with one attached hydrogen (secondary N) is 1. The number of amides is 1. The standard InChI is InChI=1S/C25H33NO5/c1-16(25-12-17-8-18(13-25)10-19(9-17)14-25)26-23(27)15-31-24(28)7-5-20-4-6-21(29-2)11-22(20)30-3/h4-7,11,16-19H,8-10,12-15H2,1-3H3,(H,26,27)/b7-5+/t16-,17?,18?,19?,25?/m0/s1. The summed E-state index contributed by atoms with van der Waals surface area (Å²) in [4.78, 5) is 24.5. The molecule has 1 aromatic rings. The Hall–Kier alpha value is -2.50. The van der Waals surface area contributed by atoms with E-state index in [1.54, 1.807) is 38.5 Å². The van der Waals surface area contributed by atoms with Crippen LogP contribution >= 0.6 is 0 Å². The van der Waals surface area contributed by atoms with Gasteiger partial charge < -0.3 is 19.5 Å². The summed E-state index contributed by atoms with van der Waals surface area (Å²) in [6, 6.07) is 5.43. The maximum absolute atomic E-state index is 12.4. The van der Waals surface area contributed by atoms with Crippen LogP contribution in [-0.4, -0.2) is 38.7 Å². The lowest BCUT2D eigenvalue weighted by Crippen LogP contribution is -2.56. The van der Waals surface area contributed by atoms with Crippen molar-refractivity contribution in [2.75, 3.05) is 20.8 Å². The number of benzene rings is 1. The zero-order valence-corrected chi connectivity index (χ0v) is 18.7. The summed E-state index contributed by atoms with van der Waals surface area (Å²) in [5.41, 5.74) is 0.958. The molecular formula is C25H33NO5. The minimum Gasteiger partial charge on any atom is -0.497 e. The number of carbonyl (C=O) groups excluding carboxylic acids is 2. The Balaban J connectivity index is 1.27. The summed E-state index contributed by atoms with van der Waals surface area (Å²) >= 11 is 0. The van der Waals surface area contributed by atoms with E-state index >= 15 is 0 Å². The van der Waals surface area contributed by atoms with Gasteiger partial charge in [0.2, 0.25) is 0 Å². The summed E-state index contributed by atoms with van der Waals surface area (Å²) in [7, 11) is 3.14. The van der Waals surface area contributed by atoms with Crippen LogP contribution in [0.5, 0.6) is 11.5 Å². The molecule has 0 spiro atoms. The number of ether oxygens (including phenoxy) is 3. The van der Waals surface area contributed by atoms with Gasteiger partial charge in [-0.15, -0.1) is 0 Å². The Morgan fingerprint density at radius 1 is 1.10 bits per heavy atom. The fourth-order valence-corrected chi connectivity index (χ4v) is 6.44. The molecule has 168 valence electrons. The van der Waals surface area contributed by atoms with Crippen molar-refractivity contribution in [1.82, 2.24) is 5.32 Å². The van der Waals surface area contributed by atoms with E-state index in [0.29, 0.717) is 11.5 Å². The molecule has 0 aromatic heterocycles. The predicted octanol–water partition coefficient (Wildman–Crippen LogP) is 3.98. The van der Waals surface area contributed by atoms with Crippen molar-refractivity contribution in [2.45, 2.75) is 51.5 Å². The molecule has 4 aliphatic rings. The normalized spacial score (nSPS) is 29.6. The Bertz CT molecular complexity index is 826. The van der Waals surface area contributed by atoms with E-state index in [9.17, 15) is 9.59 Å². The molecule has 6 nitrogen and oxygen atoms in total. The van der Waals surface area contributed by atoms with E-state index in [0.717, 1.165) is 23.3 Å². The van der Waals surface area contributed by atoms with Gasteiger partial charge in [0.15, 0.2) is 6.61 Å². The molecule has 1 amide bonds. The van der Waals surface area contributed by atoms with Gasteiger partial charge in [-0.2, -0.15) is 0 Å². The van der Waals surface area contributed by atoms with E-state index in [1.807, 2.05) is 0 Å². The van der Waals surface area contributed by atoms with Gasteiger partial charge >= 0.3 is 5.97 Å². The number of esters is 1. The highest BCUT2D eigenvalue weighted by Gasteiger charge is 2.53. The average Bonchev–Trinajstić information content (AvgIpc) is 2.75. The van der Waals surface area contributed by atoms with Crippen molar-refractivity contribution >= 4 is 18.0 Å². The number of methoxy groups -OCH3 is 2. The Morgan fingerprint density at radius 2 is 1.74 bits per heavy atom. The zero-order chi connectivity index (χ0) is 22.0. The van der Waals surface area contributed by atoms with Gasteiger partial charge in [-0.25, -0.2) is 4.79 Å². The quantitative estimate of drug-likeness (QED) is 0.502. The van der Waals surface area contributed by atoms with Crippen LogP contribution in [0.4, 0.5) is 0 Å². The van der Waals surface area contributed by atoms with Crippen LogP contribution < -0.4 is 14.8 Å². The van der Waals surface area contributed by atoms with E-state index in [2.05, 4.69) is 12.2 Å². The van der Waals surface area contributed by atoms with Crippen LogP contribution in [-0.2, 0) is 14.3 Å². The number of hydrogen-bond acceptors (Lipinski definition) is 5. The van der Waals surface area contributed by atoms with Crippen molar-refractivity contribution in [3.63, 3.8) is 0 Å². The average molecular weight is 428 g/mol. The van der Waals surface area contributed by atoms with Crippen molar-refractivity contribution in [3.8, 4) is 11.5 Å². The summed E-state index contributed by atoms with van der Waals surface area (Å²) in [6.07, 6.45) is 10.7. The van der Waals surface area contributed by atoms with Crippen LogP contribution in [0.3, 0.4) is 0 Å². The first-order valence-electron chi connectivity index (χ1n) is 11.3. The summed E-state index contributed by atoms with van der Waals surface area (Å²) in [5, 5.41) is 3.12. The minimum atomic E-state index is -0.560. The lowest BCUT2D eigenvalue weighted by molar-refractivity contribution is -0.145. The van der Waals surface area contributed by atoms with Crippen molar-refractivity contribution < 1.29 is 23.8 Å². The fourth-order valence-electron chi connectivity index (χ4n) is 6.44. The molecule has 1 N–H and O–H groups in total. The molecule has 31 heavy (non-hydrogen) atoms. The van der Waals surface area contributed by atoms with Crippen molar-refractivity contribution in [3.05, 3.63) is 29.8 Å². The second kappa shape index (κ2) is 8.93. The highest BCUT2D eigenvalue weighted by atomic mass is 16.5. The molecule has 1 atom stereocenters. The van der Waals surface area contributed by atoms with E-state index in [4.69, 9.17) is 14.2 Å². The van der Waals surface area contributed by atoms with Gasteiger partial charge in [-0.3, -0.25) is 4.79 Å². The van der Waals surface area contributed by atoms with Gasteiger partial charge in [0.05, 0.1) is 14.2 Å². The molecule has 0 saturated heterocycles. The van der Waals surface area contributed by atoms with Crippen LogP contribution in [0.1, 0.15) is 51.0 Å². The van der Waals surface area contributed by atoms with Gasteiger partial charge in [0.25, 0.3) is 5.91 Å². The highest BCUT2D eigenvalue weighted by molar-refractivity contribution is 5.89. The number of hydrogen-bond donors (Lipinski definition) is 1. The third kappa shape index (κ3) is 4.73. The number of rotatable bonds is 8. The molecule has 5 rings (SSSR count). The first kappa shape index (κ1) is 21.7. The maximum atomic E-state index is 12.4. The van der Waals surface area contributed by atoms with Crippen molar-refractivity contribution in [2.24, 2.45) is 23.2 Å². The monoisotopic (exact) mass is 427 g/mol. The molecular weight excluding hydrogens is 394 g/mol. The third-order valence-electron chi connectivity index (χ3n) is 7.57. The molecule has 4 aliphatic carbocycles. The van der Waals surface area contributed by atoms with Crippen molar-refractivity contribution in [1.29, 1.82) is 0 Å². The SMILES string of the molecule is COc1ccc(/C=C/C(=O)OCC(=O)N[C@@H](C)C23CC4CC(CC(C4)C2)C3)c(OC)c1. The van der Waals surface area contributed by atoms with E-state index < -0.39 is 5.97 Å². The Kier molecular flexibility index (Phi) is 6.26.